The quantitative estimate of drug-likeness (QED) is 0.0830. The lowest BCUT2D eigenvalue weighted by Crippen LogP contribution is -2.53. The van der Waals surface area contributed by atoms with Gasteiger partial charge in [-0.2, -0.15) is 8.42 Å². The lowest BCUT2D eigenvalue weighted by atomic mass is 9.97. The number of carboxylic acids is 1. The number of nitrogens with zero attached hydrogens (tertiary/aromatic N) is 1. The summed E-state index contributed by atoms with van der Waals surface area (Å²) in [6, 6.07) is 3.31. The Labute approximate surface area is 310 Å². The van der Waals surface area contributed by atoms with E-state index in [0.29, 0.717) is 18.4 Å². The maximum absolute atomic E-state index is 13.1. The van der Waals surface area contributed by atoms with Crippen LogP contribution in [0.1, 0.15) is 70.8 Å². The Morgan fingerprint density at radius 3 is 2.00 bits per heavy atom. The highest BCUT2D eigenvalue weighted by molar-refractivity contribution is 7.85. The van der Waals surface area contributed by atoms with Gasteiger partial charge in [0.15, 0.2) is 0 Å². The van der Waals surface area contributed by atoms with Crippen LogP contribution in [0, 0.1) is 17.8 Å². The zero-order valence-electron chi connectivity index (χ0n) is 31.5. The first kappa shape index (κ1) is 48.2. The first-order valence-electron chi connectivity index (χ1n) is 16.8. The molecule has 1 aliphatic rings. The average Bonchev–Trinajstić information content (AvgIpc) is 3.01. The van der Waals surface area contributed by atoms with E-state index in [0.717, 1.165) is 6.42 Å². The molecule has 53 heavy (non-hydrogen) atoms. The number of amides is 6. The molecule has 0 aliphatic carbocycles. The van der Waals surface area contributed by atoms with Gasteiger partial charge in [0.2, 0.25) is 17.7 Å². The van der Waals surface area contributed by atoms with Gasteiger partial charge in [-0.25, -0.2) is 4.79 Å². The minimum Gasteiger partial charge on any atom is -0.481 e. The van der Waals surface area contributed by atoms with E-state index in [4.69, 9.17) is 20.1 Å². The van der Waals surface area contributed by atoms with Crippen molar-refractivity contribution < 1.29 is 56.4 Å². The number of nitrogens with two attached hydrogens (primary N) is 1. The number of carboxylic acid groups (broad SMARTS) is 1. The molecule has 20 heteroatoms. The minimum atomic E-state index is -3.67. The number of nitrogens with one attached hydrogen (secondary N) is 5. The topological polar surface area (TPSA) is 293 Å². The number of anilines is 1. The predicted octanol–water partition coefficient (Wildman–Crippen LogP) is 0.305. The van der Waals surface area contributed by atoms with Gasteiger partial charge < -0.3 is 47.1 Å². The molecule has 6 amide bonds. The molecule has 1 aromatic carbocycles. The van der Waals surface area contributed by atoms with Gasteiger partial charge in [-0.15, -0.1) is 0 Å². The van der Waals surface area contributed by atoms with Gasteiger partial charge in [0.05, 0.1) is 31.2 Å². The highest BCUT2D eigenvalue weighted by Crippen LogP contribution is 2.24. The van der Waals surface area contributed by atoms with Gasteiger partial charge in [-0.05, 0) is 24.5 Å². The molecule has 1 heterocycles. The lowest BCUT2D eigenvalue weighted by molar-refractivity contribution is -0.149. The molecule has 300 valence electrons. The molecule has 19 nitrogen and oxygen atoms in total. The fourth-order valence-electron chi connectivity index (χ4n) is 4.05. The third-order valence-electron chi connectivity index (χ3n) is 6.89. The van der Waals surface area contributed by atoms with Crippen LogP contribution in [-0.4, -0.2) is 116 Å². The third-order valence-corrected chi connectivity index (χ3v) is 6.89. The van der Waals surface area contributed by atoms with Crippen LogP contribution in [0.4, 0.5) is 10.5 Å². The summed E-state index contributed by atoms with van der Waals surface area (Å²) >= 11 is 0. The predicted molar refractivity (Wildman–Crippen MR) is 195 cm³/mol. The van der Waals surface area contributed by atoms with Crippen molar-refractivity contribution in [2.24, 2.45) is 23.5 Å². The number of ether oxygens (including phenoxy) is 1. The Morgan fingerprint density at radius 1 is 0.962 bits per heavy atom. The maximum atomic E-state index is 13.1. The number of esters is 1. The van der Waals surface area contributed by atoms with E-state index in [1.165, 1.54) is 17.0 Å². The van der Waals surface area contributed by atoms with E-state index >= 15 is 0 Å². The monoisotopic (exact) mass is 773 g/mol. The second-order valence-corrected chi connectivity index (χ2v) is 14.5. The Kier molecular flexibility index (Phi) is 21.5. The number of aliphatic carboxylic acids is 1. The van der Waals surface area contributed by atoms with Crippen LogP contribution < -0.4 is 32.3 Å². The summed E-state index contributed by atoms with van der Waals surface area (Å²) < 4.78 is 31.1. The number of hydrogen-bond donors (Lipinski definition) is 8. The van der Waals surface area contributed by atoms with Crippen LogP contribution in [0.3, 0.4) is 0 Å². The number of rotatable bonds is 16. The second kappa shape index (κ2) is 23.7. The molecule has 1 fully saturated rings. The standard InChI is InChI=1S/C28H41N5O8.C4H10N2O.CH4O3S/c1-15(2)24(32-23(35)10-29-17(5)6)25(36)30-11-22(34)31-20-8-7-18(14-41-28(40)16(3)4)21(9-20)26(37)33-12-19(13-33)27(38)39;1-2-3-6-4(5)7;1-5(2,3)4/h7-9,15-17,19,24,29H,10-14H2,1-6H3,(H,30,36)(H,31,34)(H,32,35)(H,38,39);2-3H2,1H3,(H3,5,6,7);1H3,(H,2,3,4). The number of primary amides is 1. The SMILES string of the molecule is CC(C)NCC(=O)NC(C(=O)NCC(=O)Nc1ccc(COC(=O)C(C)C)c(C(=O)N2CC(C(=O)O)C2)c1)C(C)C.CCCNC(N)=O.CS(=O)(=O)O. The third kappa shape index (κ3) is 21.3. The molecule has 2 rings (SSSR count). The lowest BCUT2D eigenvalue weighted by Gasteiger charge is -2.37. The van der Waals surface area contributed by atoms with Crippen LogP contribution in [-0.2, 0) is 45.4 Å². The summed E-state index contributed by atoms with van der Waals surface area (Å²) in [6.45, 7) is 12.9. The Hall–Kier alpha value is -4.82. The van der Waals surface area contributed by atoms with Crippen molar-refractivity contribution in [1.82, 2.24) is 26.2 Å². The van der Waals surface area contributed by atoms with E-state index in [-0.39, 0.29) is 67.8 Å². The van der Waals surface area contributed by atoms with E-state index in [9.17, 15) is 42.0 Å². The summed E-state index contributed by atoms with van der Waals surface area (Å²) in [5, 5.41) is 22.4. The molecule has 1 atom stereocenters. The van der Waals surface area contributed by atoms with Gasteiger partial charge >= 0.3 is 18.0 Å². The summed E-state index contributed by atoms with van der Waals surface area (Å²) in [5.41, 5.74) is 5.54. The van der Waals surface area contributed by atoms with Gasteiger partial charge in [-0.3, -0.25) is 33.3 Å². The molecule has 0 saturated carbocycles. The molecule has 1 saturated heterocycles. The van der Waals surface area contributed by atoms with Crippen molar-refractivity contribution in [2.45, 2.75) is 73.6 Å². The van der Waals surface area contributed by atoms with E-state index < -0.39 is 57.8 Å². The number of hydrogen-bond acceptors (Lipinski definition) is 11. The van der Waals surface area contributed by atoms with E-state index in [1.807, 2.05) is 20.8 Å². The largest absolute Gasteiger partial charge is 0.481 e. The number of benzene rings is 1. The van der Waals surface area contributed by atoms with Crippen molar-refractivity contribution in [1.29, 1.82) is 0 Å². The van der Waals surface area contributed by atoms with Crippen LogP contribution in [0.15, 0.2) is 18.2 Å². The summed E-state index contributed by atoms with van der Waals surface area (Å²) in [5.74, 6) is -4.57. The fourth-order valence-corrected chi connectivity index (χ4v) is 4.05. The molecule has 9 N–H and O–H groups in total. The molecule has 1 aromatic rings. The van der Waals surface area contributed by atoms with Crippen LogP contribution in [0.5, 0.6) is 0 Å². The van der Waals surface area contributed by atoms with Gasteiger partial charge in [0, 0.05) is 42.5 Å². The molecule has 0 bridgehead atoms. The zero-order valence-corrected chi connectivity index (χ0v) is 32.3. The smallest absolute Gasteiger partial charge is 0.312 e. The highest BCUT2D eigenvalue weighted by atomic mass is 32.2. The van der Waals surface area contributed by atoms with Crippen molar-refractivity contribution in [2.75, 3.05) is 44.3 Å². The Balaban J connectivity index is 0.00000193. The van der Waals surface area contributed by atoms with Crippen molar-refractivity contribution in [3.63, 3.8) is 0 Å². The molecule has 0 spiro atoms. The Morgan fingerprint density at radius 2 is 1.55 bits per heavy atom. The van der Waals surface area contributed by atoms with Gasteiger partial charge in [0.1, 0.15) is 12.6 Å². The van der Waals surface area contributed by atoms with Crippen LogP contribution >= 0.6 is 0 Å². The van der Waals surface area contributed by atoms with Crippen LogP contribution in [0.25, 0.3) is 0 Å². The zero-order chi connectivity index (χ0) is 41.1. The Bertz CT molecular complexity index is 1520. The molecule has 0 aromatic heterocycles. The summed E-state index contributed by atoms with van der Waals surface area (Å²) in [6.07, 6.45) is 1.65. The van der Waals surface area contributed by atoms with Crippen molar-refractivity contribution in [3.8, 4) is 0 Å². The van der Waals surface area contributed by atoms with E-state index in [2.05, 4.69) is 26.6 Å². The molecular formula is C33H55N7O12S. The average molecular weight is 774 g/mol. The van der Waals surface area contributed by atoms with Crippen LogP contribution in [0.2, 0.25) is 0 Å². The number of likely N-dealkylation sites (tertiary alicyclic amines) is 1. The summed E-state index contributed by atoms with van der Waals surface area (Å²) in [4.78, 5) is 85.0. The molecule has 1 unspecified atom stereocenters. The number of urea groups is 1. The van der Waals surface area contributed by atoms with E-state index in [1.54, 1.807) is 33.8 Å². The van der Waals surface area contributed by atoms with Crippen molar-refractivity contribution in [3.05, 3.63) is 29.3 Å². The highest BCUT2D eigenvalue weighted by Gasteiger charge is 2.37. The fraction of sp³-hybridized carbons (Fsp3) is 0.606. The summed E-state index contributed by atoms with van der Waals surface area (Å²) in [7, 11) is -3.67. The molecular weight excluding hydrogens is 718 g/mol. The molecule has 0 radical (unpaired) electrons. The normalized spacial score (nSPS) is 12.9. The first-order chi connectivity index (χ1) is 24.5. The number of carbonyl (C=O) groups excluding carboxylic acids is 6. The minimum absolute atomic E-state index is 0.0447. The van der Waals surface area contributed by atoms with Crippen molar-refractivity contribution >= 4 is 57.4 Å². The van der Waals surface area contributed by atoms with Gasteiger partial charge in [0.25, 0.3) is 16.0 Å². The maximum Gasteiger partial charge on any atom is 0.312 e. The number of carbonyl (C=O) groups is 7. The first-order valence-corrected chi connectivity index (χ1v) is 18.7. The van der Waals surface area contributed by atoms with Gasteiger partial charge in [-0.1, -0.05) is 54.5 Å². The second-order valence-electron chi connectivity index (χ2n) is 13.0. The molecule has 1 aliphatic heterocycles.